The van der Waals surface area contributed by atoms with Crippen molar-refractivity contribution in [2.24, 2.45) is 0 Å². The molecule has 0 unspecified atom stereocenters. The molecule has 3 aromatic rings. The average molecular weight is 463 g/mol. The number of carbonyl (C=O) groups excluding carboxylic acids is 1. The number of unbranched alkanes of at least 4 members (excludes halogenated alkanes) is 1. The van der Waals surface area contributed by atoms with E-state index >= 15 is 0 Å². The fourth-order valence-corrected chi connectivity index (χ4v) is 4.15. The molecule has 0 saturated heterocycles. The minimum Gasteiger partial charge on any atom is -0.456 e. The van der Waals surface area contributed by atoms with E-state index in [-0.39, 0.29) is 18.6 Å². The van der Waals surface area contributed by atoms with E-state index in [0.29, 0.717) is 5.56 Å². The molecular formula is C29H38N2O3. The van der Waals surface area contributed by atoms with Crippen LogP contribution in [0.25, 0.3) is 11.1 Å². The highest BCUT2D eigenvalue weighted by Gasteiger charge is 2.21. The predicted octanol–water partition coefficient (Wildman–Crippen LogP) is 6.51. The molecule has 0 aliphatic rings. The van der Waals surface area contributed by atoms with E-state index in [1.807, 2.05) is 49.7 Å². The van der Waals surface area contributed by atoms with Crippen LogP contribution in [0.15, 0.2) is 48.5 Å². The fourth-order valence-electron chi connectivity index (χ4n) is 4.15. The Hall–Kier alpha value is -2.92. The van der Waals surface area contributed by atoms with Gasteiger partial charge < -0.3 is 9.84 Å². The van der Waals surface area contributed by atoms with Crippen LogP contribution in [0.5, 0.6) is 0 Å². The first-order valence-corrected chi connectivity index (χ1v) is 12.3. The first-order valence-electron chi connectivity index (χ1n) is 12.3. The van der Waals surface area contributed by atoms with Gasteiger partial charge in [-0.15, -0.1) is 0 Å². The molecule has 34 heavy (non-hydrogen) atoms. The van der Waals surface area contributed by atoms with Gasteiger partial charge in [-0.25, -0.2) is 4.79 Å². The van der Waals surface area contributed by atoms with Gasteiger partial charge in [0, 0.05) is 18.0 Å². The molecule has 0 aliphatic carbocycles. The van der Waals surface area contributed by atoms with Crippen LogP contribution in [-0.2, 0) is 24.2 Å². The Balaban J connectivity index is 1.91. The minimum atomic E-state index is -0.547. The van der Waals surface area contributed by atoms with Crippen molar-refractivity contribution in [1.29, 1.82) is 0 Å². The van der Waals surface area contributed by atoms with Gasteiger partial charge >= 0.3 is 5.97 Å². The Morgan fingerprint density at radius 3 is 2.35 bits per heavy atom. The van der Waals surface area contributed by atoms with E-state index in [9.17, 15) is 9.90 Å². The third kappa shape index (κ3) is 6.15. The molecule has 1 aromatic heterocycles. The van der Waals surface area contributed by atoms with E-state index in [0.717, 1.165) is 59.3 Å². The number of carbonyl (C=O) groups is 1. The SMILES string of the molecule is CCCCc1nn(C(C)C)c(CO)c1Cc1ccc(-c2ccccc2C(=O)OC(C)(C)C)cc1. The molecule has 182 valence electrons. The summed E-state index contributed by atoms with van der Waals surface area (Å²) < 4.78 is 7.57. The molecule has 2 aromatic carbocycles. The van der Waals surface area contributed by atoms with Crippen molar-refractivity contribution in [2.45, 2.75) is 85.5 Å². The lowest BCUT2D eigenvalue weighted by atomic mass is 9.96. The summed E-state index contributed by atoms with van der Waals surface area (Å²) in [5.74, 6) is -0.318. The van der Waals surface area contributed by atoms with Gasteiger partial charge in [0.1, 0.15) is 5.60 Å². The van der Waals surface area contributed by atoms with Crippen LogP contribution in [0, 0.1) is 0 Å². The van der Waals surface area contributed by atoms with Gasteiger partial charge in [-0.05, 0) is 70.2 Å². The number of rotatable bonds is 9. The standard InChI is InChI=1S/C29H38N2O3/c1-7-8-13-26-25(27(19-32)31(30-26)20(2)3)18-21-14-16-22(17-15-21)23-11-9-10-12-24(23)28(33)34-29(4,5)6/h9-12,14-17,20,32H,7-8,13,18-19H2,1-6H3. The number of esters is 1. The highest BCUT2D eigenvalue weighted by atomic mass is 16.6. The van der Waals surface area contributed by atoms with Gasteiger partial charge in [0.25, 0.3) is 0 Å². The van der Waals surface area contributed by atoms with Crippen LogP contribution in [0.3, 0.4) is 0 Å². The smallest absolute Gasteiger partial charge is 0.339 e. The summed E-state index contributed by atoms with van der Waals surface area (Å²) in [5.41, 5.74) is 6.11. The van der Waals surface area contributed by atoms with Gasteiger partial charge in [-0.3, -0.25) is 4.68 Å². The highest BCUT2D eigenvalue weighted by molar-refractivity contribution is 5.97. The predicted molar refractivity (Wildman–Crippen MR) is 137 cm³/mol. The summed E-state index contributed by atoms with van der Waals surface area (Å²) in [6.07, 6.45) is 3.82. The first kappa shape index (κ1) is 25.7. The van der Waals surface area contributed by atoms with Crippen molar-refractivity contribution in [3.8, 4) is 11.1 Å². The zero-order valence-corrected chi connectivity index (χ0v) is 21.4. The third-order valence-corrected chi connectivity index (χ3v) is 5.80. The number of ether oxygens (including phenoxy) is 1. The van der Waals surface area contributed by atoms with E-state index in [4.69, 9.17) is 9.84 Å². The van der Waals surface area contributed by atoms with Crippen LogP contribution in [0.4, 0.5) is 0 Å². The first-order chi connectivity index (χ1) is 16.1. The zero-order valence-electron chi connectivity index (χ0n) is 21.4. The molecule has 5 heteroatoms. The second kappa shape index (κ2) is 11.0. The van der Waals surface area contributed by atoms with Crippen molar-refractivity contribution in [3.05, 3.63) is 76.6 Å². The van der Waals surface area contributed by atoms with Crippen LogP contribution in [-0.4, -0.2) is 26.5 Å². The largest absolute Gasteiger partial charge is 0.456 e. The third-order valence-electron chi connectivity index (χ3n) is 5.80. The molecule has 0 saturated carbocycles. The molecule has 0 atom stereocenters. The summed E-state index contributed by atoms with van der Waals surface area (Å²) >= 11 is 0. The maximum Gasteiger partial charge on any atom is 0.339 e. The molecule has 1 heterocycles. The second-order valence-corrected chi connectivity index (χ2v) is 10.1. The molecule has 1 N–H and O–H groups in total. The van der Waals surface area contributed by atoms with Crippen LogP contribution < -0.4 is 0 Å². The molecule has 5 nitrogen and oxygen atoms in total. The van der Waals surface area contributed by atoms with Crippen LogP contribution in [0.2, 0.25) is 0 Å². The van der Waals surface area contributed by atoms with Crippen molar-refractivity contribution < 1.29 is 14.6 Å². The zero-order chi connectivity index (χ0) is 24.9. The molecule has 0 amide bonds. The van der Waals surface area contributed by atoms with Crippen LogP contribution >= 0.6 is 0 Å². The van der Waals surface area contributed by atoms with Gasteiger partial charge in [-0.2, -0.15) is 5.10 Å². The Bertz CT molecular complexity index is 1110. The molecule has 0 spiro atoms. The van der Waals surface area contributed by atoms with E-state index in [2.05, 4.69) is 45.0 Å². The van der Waals surface area contributed by atoms with E-state index in [1.54, 1.807) is 0 Å². The minimum absolute atomic E-state index is 0.0199. The normalized spacial score (nSPS) is 11.8. The van der Waals surface area contributed by atoms with Crippen molar-refractivity contribution in [2.75, 3.05) is 0 Å². The number of aliphatic hydroxyl groups excluding tert-OH is 1. The summed E-state index contributed by atoms with van der Waals surface area (Å²) in [4.78, 5) is 12.8. The molecule has 0 fully saturated rings. The number of benzene rings is 2. The topological polar surface area (TPSA) is 64.3 Å². The number of aromatic nitrogens is 2. The highest BCUT2D eigenvalue weighted by Crippen LogP contribution is 2.28. The lowest BCUT2D eigenvalue weighted by Crippen LogP contribution is -2.24. The summed E-state index contributed by atoms with van der Waals surface area (Å²) in [6.45, 7) is 12.0. The van der Waals surface area contributed by atoms with Gasteiger partial charge in [0.15, 0.2) is 0 Å². The molecule has 0 bridgehead atoms. The Kier molecular flexibility index (Phi) is 8.32. The van der Waals surface area contributed by atoms with Crippen molar-refractivity contribution >= 4 is 5.97 Å². The number of hydrogen-bond acceptors (Lipinski definition) is 4. The Morgan fingerprint density at radius 1 is 1.09 bits per heavy atom. The monoisotopic (exact) mass is 462 g/mol. The molecule has 0 radical (unpaired) electrons. The molecule has 0 aliphatic heterocycles. The maximum absolute atomic E-state index is 12.8. The van der Waals surface area contributed by atoms with Gasteiger partial charge in [0.2, 0.25) is 0 Å². The lowest BCUT2D eigenvalue weighted by molar-refractivity contribution is 0.00704. The quantitative estimate of drug-likeness (QED) is 0.368. The molecular weight excluding hydrogens is 424 g/mol. The summed E-state index contributed by atoms with van der Waals surface area (Å²) in [5, 5.41) is 15.0. The van der Waals surface area contributed by atoms with E-state index < -0.39 is 5.60 Å². The number of aryl methyl sites for hydroxylation is 1. The lowest BCUT2D eigenvalue weighted by Gasteiger charge is -2.20. The second-order valence-electron chi connectivity index (χ2n) is 10.1. The molecule has 3 rings (SSSR count). The fraction of sp³-hybridized carbons (Fsp3) is 0.448. The van der Waals surface area contributed by atoms with Gasteiger partial charge in [-0.1, -0.05) is 55.8 Å². The van der Waals surface area contributed by atoms with E-state index in [1.165, 1.54) is 0 Å². The van der Waals surface area contributed by atoms with Crippen molar-refractivity contribution in [3.63, 3.8) is 0 Å². The Labute approximate surface area is 203 Å². The average Bonchev–Trinajstić information content (AvgIpc) is 3.14. The Morgan fingerprint density at radius 2 is 1.76 bits per heavy atom. The number of hydrogen-bond donors (Lipinski definition) is 1. The summed E-state index contributed by atoms with van der Waals surface area (Å²) in [6, 6.07) is 16.0. The van der Waals surface area contributed by atoms with Crippen molar-refractivity contribution in [1.82, 2.24) is 9.78 Å². The van der Waals surface area contributed by atoms with Crippen LogP contribution in [0.1, 0.15) is 93.3 Å². The number of aliphatic hydroxyl groups is 1. The maximum atomic E-state index is 12.8. The summed E-state index contributed by atoms with van der Waals surface area (Å²) in [7, 11) is 0. The number of nitrogens with zero attached hydrogens (tertiary/aromatic N) is 2. The van der Waals surface area contributed by atoms with Gasteiger partial charge in [0.05, 0.1) is 23.6 Å².